The first-order valence-corrected chi connectivity index (χ1v) is 13.5. The summed E-state index contributed by atoms with van der Waals surface area (Å²) in [5.41, 5.74) is 4.22. The summed E-state index contributed by atoms with van der Waals surface area (Å²) in [5.74, 6) is -0.137. The Morgan fingerprint density at radius 1 is 1.20 bits per heavy atom. The van der Waals surface area contributed by atoms with E-state index in [4.69, 9.17) is 18.9 Å². The summed E-state index contributed by atoms with van der Waals surface area (Å²) in [7, 11) is 1.26. The number of carbonyl (C=O) groups is 3. The Bertz CT molecular complexity index is 1350. The van der Waals surface area contributed by atoms with Crippen LogP contribution in [0.3, 0.4) is 0 Å². The van der Waals surface area contributed by atoms with Crippen molar-refractivity contribution >= 4 is 56.0 Å². The third kappa shape index (κ3) is 7.96. The maximum Gasteiger partial charge on any atom is 0.337 e. The molecule has 0 fully saturated rings. The van der Waals surface area contributed by atoms with Crippen molar-refractivity contribution in [1.29, 1.82) is 0 Å². The lowest BCUT2D eigenvalue weighted by Crippen LogP contribution is -2.45. The lowest BCUT2D eigenvalue weighted by molar-refractivity contribution is -0.136. The van der Waals surface area contributed by atoms with Gasteiger partial charge in [-0.2, -0.15) is 5.10 Å². The number of urea groups is 1. The Hall–Kier alpha value is -3.62. The molecule has 0 spiro atoms. The Balaban J connectivity index is 1.73. The maximum atomic E-state index is 12.4. The number of esters is 2. The Morgan fingerprint density at radius 3 is 2.62 bits per heavy atom. The molecule has 40 heavy (non-hydrogen) atoms. The largest absolute Gasteiger partial charge is 0.490 e. The van der Waals surface area contributed by atoms with Gasteiger partial charge in [0.05, 0.1) is 36.0 Å². The van der Waals surface area contributed by atoms with Gasteiger partial charge in [0.15, 0.2) is 23.5 Å². The number of aliphatic hydroxyl groups excluding tert-OH is 1. The number of amides is 2. The van der Waals surface area contributed by atoms with Crippen molar-refractivity contribution in [2.75, 3.05) is 20.3 Å². The van der Waals surface area contributed by atoms with Crippen LogP contribution in [0.4, 0.5) is 4.79 Å². The Labute approximate surface area is 247 Å². The first-order valence-electron chi connectivity index (χ1n) is 11.9. The molecular formula is C26H28Br2N4O8. The molecule has 0 aliphatic carbocycles. The second-order valence-electron chi connectivity index (χ2n) is 8.31. The lowest BCUT2D eigenvalue weighted by Gasteiger charge is -2.28. The fourth-order valence-electron chi connectivity index (χ4n) is 3.74. The monoisotopic (exact) mass is 682 g/mol. The molecule has 3 rings (SSSR count). The molecule has 2 amide bonds. The molecule has 12 nitrogen and oxygen atoms in total. The summed E-state index contributed by atoms with van der Waals surface area (Å²) in [5, 5.41) is 19.7. The van der Waals surface area contributed by atoms with E-state index in [-0.39, 0.29) is 17.9 Å². The van der Waals surface area contributed by atoms with Crippen LogP contribution < -0.4 is 30.3 Å². The molecule has 2 aromatic carbocycles. The summed E-state index contributed by atoms with van der Waals surface area (Å²) in [6.07, 6.45) is 0.178. The first-order chi connectivity index (χ1) is 19.0. The number of nitrogens with zero attached hydrogens (tertiary/aromatic N) is 1. The van der Waals surface area contributed by atoms with Crippen molar-refractivity contribution in [3.8, 4) is 17.2 Å². The highest BCUT2D eigenvalue weighted by atomic mass is 79.9. The minimum atomic E-state index is -1.21. The molecule has 2 aromatic rings. The fraction of sp³-hybridized carbons (Fsp3) is 0.308. The van der Waals surface area contributed by atoms with Gasteiger partial charge >= 0.3 is 18.0 Å². The van der Waals surface area contributed by atoms with Gasteiger partial charge in [-0.3, -0.25) is 10.2 Å². The predicted octanol–water partition coefficient (Wildman–Crippen LogP) is 3.66. The average molecular weight is 684 g/mol. The molecule has 1 aliphatic rings. The quantitative estimate of drug-likeness (QED) is 0.0913. The number of hydrogen-bond acceptors (Lipinski definition) is 10. The number of benzene rings is 2. The molecular weight excluding hydrogens is 656 g/mol. The zero-order valence-corrected chi connectivity index (χ0v) is 25.2. The number of aliphatic hydroxyl groups is 1. The summed E-state index contributed by atoms with van der Waals surface area (Å²) in [6.45, 7) is 4.81. The molecule has 0 saturated heterocycles. The van der Waals surface area contributed by atoms with Gasteiger partial charge in [0.1, 0.15) is 6.61 Å². The summed E-state index contributed by atoms with van der Waals surface area (Å²) < 4.78 is 22.9. The number of hydrogen-bond donors (Lipinski definition) is 4. The van der Waals surface area contributed by atoms with E-state index >= 15 is 0 Å². The summed E-state index contributed by atoms with van der Waals surface area (Å²) in [6, 6.07) is 7.11. The highest BCUT2D eigenvalue weighted by Crippen LogP contribution is 2.35. The van der Waals surface area contributed by atoms with E-state index in [0.717, 1.165) is 4.47 Å². The van der Waals surface area contributed by atoms with Crippen LogP contribution in [-0.2, 0) is 14.3 Å². The van der Waals surface area contributed by atoms with Crippen LogP contribution in [-0.4, -0.2) is 55.8 Å². The Morgan fingerprint density at radius 2 is 1.95 bits per heavy atom. The molecule has 0 radical (unpaired) electrons. The Kier molecular flexibility index (Phi) is 10.9. The molecule has 0 aromatic heterocycles. The van der Waals surface area contributed by atoms with Crippen LogP contribution >= 0.6 is 31.9 Å². The van der Waals surface area contributed by atoms with Gasteiger partial charge in [0, 0.05) is 22.7 Å². The van der Waals surface area contributed by atoms with Crippen LogP contribution in [0.2, 0.25) is 0 Å². The van der Waals surface area contributed by atoms with Crippen molar-refractivity contribution in [3.63, 3.8) is 0 Å². The van der Waals surface area contributed by atoms with Crippen LogP contribution in [0, 0.1) is 0 Å². The smallest absolute Gasteiger partial charge is 0.337 e. The van der Waals surface area contributed by atoms with Gasteiger partial charge < -0.3 is 34.7 Å². The van der Waals surface area contributed by atoms with E-state index in [0.29, 0.717) is 39.4 Å². The van der Waals surface area contributed by atoms with Gasteiger partial charge in [-0.1, -0.05) is 22.0 Å². The molecule has 0 unspecified atom stereocenters. The maximum absolute atomic E-state index is 12.4. The minimum Gasteiger partial charge on any atom is -0.490 e. The molecule has 14 heteroatoms. The average Bonchev–Trinajstić information content (AvgIpc) is 2.89. The van der Waals surface area contributed by atoms with Crippen molar-refractivity contribution < 1.29 is 38.4 Å². The summed E-state index contributed by atoms with van der Waals surface area (Å²) >= 11 is 6.72. The minimum absolute atomic E-state index is 0.202. The molecule has 214 valence electrons. The SMILES string of the molecule is CCOc1cc([C@H]2NC(=O)NC(C)=C2C(=O)OC)ccc1OC[C@H](O)N/N=C/c1cc(Br)cc(Br)c1OC(C)=O. The highest BCUT2D eigenvalue weighted by molar-refractivity contribution is 9.11. The number of hydrazone groups is 1. The number of halogens is 2. The van der Waals surface area contributed by atoms with Crippen LogP contribution in [0.1, 0.15) is 37.9 Å². The standard InChI is InChI=1S/C26H28Br2N4O8/c1-5-38-20-9-15(23-22(25(35)37-4)13(2)30-26(36)31-23)6-7-19(20)39-12-21(34)32-29-11-16-8-17(27)10-18(28)24(16)40-14(3)33/h6-11,21,23,32,34H,5,12H2,1-4H3,(H2,30,31,36)/b29-11+/t21-,23+/m0/s1. The molecule has 2 atom stereocenters. The van der Waals surface area contributed by atoms with Gasteiger partial charge in [0.2, 0.25) is 0 Å². The van der Waals surface area contributed by atoms with E-state index < -0.39 is 30.2 Å². The van der Waals surface area contributed by atoms with E-state index in [1.54, 1.807) is 44.2 Å². The fourth-order valence-corrected chi connectivity index (χ4v) is 5.08. The number of rotatable bonds is 11. The molecule has 0 saturated carbocycles. The van der Waals surface area contributed by atoms with Crippen molar-refractivity contribution in [2.45, 2.75) is 33.0 Å². The van der Waals surface area contributed by atoms with E-state index in [1.165, 1.54) is 20.2 Å². The van der Waals surface area contributed by atoms with Crippen molar-refractivity contribution in [3.05, 3.63) is 61.7 Å². The second kappa shape index (κ2) is 14.1. The summed E-state index contributed by atoms with van der Waals surface area (Å²) in [4.78, 5) is 36.0. The first kappa shape index (κ1) is 30.9. The van der Waals surface area contributed by atoms with Gasteiger partial charge in [-0.05, 0) is 59.6 Å². The second-order valence-corrected chi connectivity index (χ2v) is 10.1. The van der Waals surface area contributed by atoms with Crippen LogP contribution in [0.15, 0.2) is 55.6 Å². The number of ether oxygens (including phenoxy) is 4. The third-order valence-electron chi connectivity index (χ3n) is 5.38. The van der Waals surface area contributed by atoms with E-state index in [9.17, 15) is 19.5 Å². The van der Waals surface area contributed by atoms with Crippen LogP contribution in [0.25, 0.3) is 0 Å². The molecule has 4 N–H and O–H groups in total. The lowest BCUT2D eigenvalue weighted by atomic mass is 9.95. The van der Waals surface area contributed by atoms with Gasteiger partial charge in [-0.25, -0.2) is 9.59 Å². The van der Waals surface area contributed by atoms with Crippen molar-refractivity contribution in [2.24, 2.45) is 5.10 Å². The molecule has 1 heterocycles. The van der Waals surface area contributed by atoms with Crippen molar-refractivity contribution in [1.82, 2.24) is 16.1 Å². The van der Waals surface area contributed by atoms with Gasteiger partial charge in [-0.15, -0.1) is 0 Å². The highest BCUT2D eigenvalue weighted by Gasteiger charge is 2.32. The predicted molar refractivity (Wildman–Crippen MR) is 152 cm³/mol. The topological polar surface area (TPSA) is 157 Å². The number of methoxy groups -OCH3 is 1. The number of allylic oxidation sites excluding steroid dienone is 1. The van der Waals surface area contributed by atoms with Crippen LogP contribution in [0.5, 0.6) is 17.2 Å². The number of nitrogens with one attached hydrogen (secondary N) is 3. The molecule has 1 aliphatic heterocycles. The van der Waals surface area contributed by atoms with E-state index in [2.05, 4.69) is 53.0 Å². The van der Waals surface area contributed by atoms with Gasteiger partial charge in [0.25, 0.3) is 0 Å². The zero-order chi connectivity index (χ0) is 29.4. The zero-order valence-electron chi connectivity index (χ0n) is 22.0. The normalized spacial score (nSPS) is 15.7. The third-order valence-corrected chi connectivity index (χ3v) is 6.43. The number of carbonyl (C=O) groups excluding carboxylic acids is 3. The van der Waals surface area contributed by atoms with E-state index in [1.807, 2.05) is 0 Å². The molecule has 0 bridgehead atoms.